The summed E-state index contributed by atoms with van der Waals surface area (Å²) in [6.45, 7) is 6.40. The van der Waals surface area contributed by atoms with Gasteiger partial charge in [-0.05, 0) is 13.8 Å². The highest BCUT2D eigenvalue weighted by atomic mass is 32.3. The minimum Gasteiger partial charge on any atom is -0.305 e. The van der Waals surface area contributed by atoms with Gasteiger partial charge < -0.3 is 5.73 Å². The zero-order chi connectivity index (χ0) is 9.78. The molecule has 0 saturated heterocycles. The fourth-order valence-electron chi connectivity index (χ4n) is 0.386. The van der Waals surface area contributed by atoms with Gasteiger partial charge in [0.2, 0.25) is 0 Å². The van der Waals surface area contributed by atoms with Crippen molar-refractivity contribution in [1.82, 2.24) is 0 Å². The van der Waals surface area contributed by atoms with Gasteiger partial charge in [-0.25, -0.2) is 8.37 Å². The maximum Gasteiger partial charge on any atom is 0.401 e. The van der Waals surface area contributed by atoms with Gasteiger partial charge in [0, 0.05) is 0 Å². The van der Waals surface area contributed by atoms with E-state index < -0.39 is 16.6 Å². The lowest BCUT2D eigenvalue weighted by Gasteiger charge is -2.07. The van der Waals surface area contributed by atoms with Crippen LogP contribution < -0.4 is 5.73 Å². The monoisotopic (exact) mass is 195 g/mol. The maximum atomic E-state index is 10.8. The summed E-state index contributed by atoms with van der Waals surface area (Å²) in [6.07, 6.45) is -0.903. The number of hydrogen-bond acceptors (Lipinski definition) is 5. The van der Waals surface area contributed by atoms with E-state index in [-0.39, 0.29) is 6.61 Å². The molecule has 0 heterocycles. The summed E-state index contributed by atoms with van der Waals surface area (Å²) in [4.78, 5) is 0. The lowest BCUT2D eigenvalue weighted by atomic mass is 10.4. The first-order valence-corrected chi connectivity index (χ1v) is 4.64. The van der Waals surface area contributed by atoms with Gasteiger partial charge in [-0.1, -0.05) is 12.2 Å². The molecule has 0 bridgehead atoms. The van der Waals surface area contributed by atoms with Crippen LogP contribution in [0.3, 0.4) is 0 Å². The summed E-state index contributed by atoms with van der Waals surface area (Å²) in [5.74, 6) is 0. The molecule has 0 aliphatic heterocycles. The average molecular weight is 195 g/mol. The highest BCUT2D eigenvalue weighted by Gasteiger charge is 2.13. The van der Waals surface area contributed by atoms with E-state index in [1.54, 1.807) is 6.92 Å². The molecule has 0 fully saturated rings. The Hall–Kier alpha value is -0.430. The first-order valence-electron chi connectivity index (χ1n) is 3.31. The lowest BCUT2D eigenvalue weighted by Crippen LogP contribution is -2.25. The second-order valence-electron chi connectivity index (χ2n) is 2.43. The molecule has 0 aliphatic carbocycles. The minimum absolute atomic E-state index is 0.0882. The van der Waals surface area contributed by atoms with E-state index >= 15 is 0 Å². The topological polar surface area (TPSA) is 78.6 Å². The summed E-state index contributed by atoms with van der Waals surface area (Å²) in [7, 11) is -3.96. The van der Waals surface area contributed by atoms with Crippen molar-refractivity contribution in [3.05, 3.63) is 12.2 Å². The Kier molecular flexibility index (Phi) is 4.40. The van der Waals surface area contributed by atoms with Crippen molar-refractivity contribution in [3.63, 3.8) is 0 Å². The molecule has 12 heavy (non-hydrogen) atoms. The quantitative estimate of drug-likeness (QED) is 0.499. The zero-order valence-electron chi connectivity index (χ0n) is 7.11. The smallest absolute Gasteiger partial charge is 0.305 e. The number of hydrogen-bond donors (Lipinski definition) is 1. The SMILES string of the molecule is C=C(C)COS(=O)(=O)OC(C)N. The Balaban J connectivity index is 3.98. The second-order valence-corrected chi connectivity index (χ2v) is 3.67. The second kappa shape index (κ2) is 4.56. The van der Waals surface area contributed by atoms with E-state index in [0.717, 1.165) is 0 Å². The van der Waals surface area contributed by atoms with E-state index in [4.69, 9.17) is 5.73 Å². The third kappa shape index (κ3) is 6.29. The molecule has 2 N–H and O–H groups in total. The van der Waals surface area contributed by atoms with E-state index in [1.807, 2.05) is 0 Å². The Labute approximate surface area is 72.5 Å². The first kappa shape index (κ1) is 11.6. The predicted molar refractivity (Wildman–Crippen MR) is 44.4 cm³/mol. The standard InChI is InChI=1S/C6H13NO4S/c1-5(2)4-10-12(8,9)11-6(3)7/h6H,1,4,7H2,2-3H3. The van der Waals surface area contributed by atoms with Gasteiger partial charge in [0.25, 0.3) is 0 Å². The van der Waals surface area contributed by atoms with Crippen molar-refractivity contribution in [2.24, 2.45) is 5.73 Å². The molecule has 0 aliphatic rings. The zero-order valence-corrected chi connectivity index (χ0v) is 7.93. The van der Waals surface area contributed by atoms with Crippen LogP contribution in [0.4, 0.5) is 0 Å². The molecule has 0 spiro atoms. The molecular weight excluding hydrogens is 182 g/mol. The molecule has 0 saturated carbocycles. The van der Waals surface area contributed by atoms with Crippen LogP contribution in [0.5, 0.6) is 0 Å². The summed E-state index contributed by atoms with van der Waals surface area (Å²) < 4.78 is 30.2. The molecule has 1 atom stereocenters. The van der Waals surface area contributed by atoms with Crippen molar-refractivity contribution < 1.29 is 16.8 Å². The summed E-state index contributed by atoms with van der Waals surface area (Å²) >= 11 is 0. The van der Waals surface area contributed by atoms with Crippen molar-refractivity contribution in [2.45, 2.75) is 20.1 Å². The van der Waals surface area contributed by atoms with Gasteiger partial charge in [-0.3, -0.25) is 0 Å². The largest absolute Gasteiger partial charge is 0.401 e. The van der Waals surface area contributed by atoms with Gasteiger partial charge in [-0.15, -0.1) is 0 Å². The van der Waals surface area contributed by atoms with Crippen LogP contribution in [0.25, 0.3) is 0 Å². The third-order valence-electron chi connectivity index (χ3n) is 0.719. The summed E-state index contributed by atoms with van der Waals surface area (Å²) in [5.41, 5.74) is 5.67. The van der Waals surface area contributed by atoms with Gasteiger partial charge in [0.05, 0.1) is 6.61 Å². The molecule has 5 nitrogen and oxygen atoms in total. The molecule has 0 radical (unpaired) electrons. The third-order valence-corrected chi connectivity index (χ3v) is 1.67. The molecule has 6 heteroatoms. The highest BCUT2D eigenvalue weighted by molar-refractivity contribution is 7.81. The average Bonchev–Trinajstić information content (AvgIpc) is 1.81. The van der Waals surface area contributed by atoms with Crippen molar-refractivity contribution in [2.75, 3.05) is 6.61 Å². The van der Waals surface area contributed by atoms with Crippen LogP contribution >= 0.6 is 0 Å². The molecule has 1 unspecified atom stereocenters. The number of rotatable bonds is 5. The highest BCUT2D eigenvalue weighted by Crippen LogP contribution is 2.00. The van der Waals surface area contributed by atoms with Gasteiger partial charge in [-0.2, -0.15) is 8.42 Å². The van der Waals surface area contributed by atoms with E-state index in [1.165, 1.54) is 6.92 Å². The van der Waals surface area contributed by atoms with Crippen LogP contribution in [0.15, 0.2) is 12.2 Å². The Bertz CT molecular complexity index is 244. The normalized spacial score (nSPS) is 14.2. The van der Waals surface area contributed by atoms with Crippen LogP contribution in [0, 0.1) is 0 Å². The molecule has 0 aromatic carbocycles. The maximum absolute atomic E-state index is 10.8. The van der Waals surface area contributed by atoms with Crippen molar-refractivity contribution in [3.8, 4) is 0 Å². The van der Waals surface area contributed by atoms with Crippen molar-refractivity contribution >= 4 is 10.4 Å². The Morgan fingerprint density at radius 1 is 1.67 bits per heavy atom. The fourth-order valence-corrected chi connectivity index (χ4v) is 1.16. The van der Waals surface area contributed by atoms with Gasteiger partial charge >= 0.3 is 10.4 Å². The fraction of sp³-hybridized carbons (Fsp3) is 0.667. The van der Waals surface area contributed by atoms with E-state index in [9.17, 15) is 8.42 Å². The van der Waals surface area contributed by atoms with Gasteiger partial charge in [0.15, 0.2) is 0 Å². The Morgan fingerprint density at radius 3 is 2.50 bits per heavy atom. The van der Waals surface area contributed by atoms with Crippen LogP contribution in [0.1, 0.15) is 13.8 Å². The predicted octanol–water partition coefficient (Wildman–Crippen LogP) is 0.145. The minimum atomic E-state index is -3.96. The molecule has 72 valence electrons. The summed E-state index contributed by atoms with van der Waals surface area (Å²) in [6, 6.07) is 0. The van der Waals surface area contributed by atoms with Crippen molar-refractivity contribution in [1.29, 1.82) is 0 Å². The summed E-state index contributed by atoms with van der Waals surface area (Å²) in [5, 5.41) is 0. The number of nitrogens with two attached hydrogens (primary N) is 1. The van der Waals surface area contributed by atoms with Crippen LogP contribution in [-0.4, -0.2) is 21.3 Å². The van der Waals surface area contributed by atoms with E-state index in [0.29, 0.717) is 5.57 Å². The van der Waals surface area contributed by atoms with Crippen LogP contribution in [0.2, 0.25) is 0 Å². The van der Waals surface area contributed by atoms with Crippen LogP contribution in [-0.2, 0) is 18.8 Å². The van der Waals surface area contributed by atoms with Gasteiger partial charge in [0.1, 0.15) is 6.23 Å². The molecule has 0 aromatic heterocycles. The Morgan fingerprint density at radius 2 is 2.17 bits per heavy atom. The molecule has 0 amide bonds. The van der Waals surface area contributed by atoms with E-state index in [2.05, 4.69) is 14.9 Å². The molecule has 0 rings (SSSR count). The lowest BCUT2D eigenvalue weighted by molar-refractivity contribution is 0.179. The first-order chi connectivity index (χ1) is 5.33. The molecular formula is C6H13NO4S. The molecule has 0 aromatic rings.